The lowest BCUT2D eigenvalue weighted by molar-refractivity contribution is -0.140. The Morgan fingerprint density at radius 3 is 2.39 bits per heavy atom. The molecule has 0 radical (unpaired) electrons. The fourth-order valence-corrected chi connectivity index (χ4v) is 4.53. The van der Waals surface area contributed by atoms with E-state index >= 15 is 0 Å². The van der Waals surface area contributed by atoms with Gasteiger partial charge in [-0.3, -0.25) is 19.5 Å². The van der Waals surface area contributed by atoms with Gasteiger partial charge in [-0.1, -0.05) is 18.2 Å². The van der Waals surface area contributed by atoms with Crippen LogP contribution in [-0.4, -0.2) is 42.8 Å². The lowest BCUT2D eigenvalue weighted by Gasteiger charge is -2.18. The fraction of sp³-hybridized carbons (Fsp3) is 0.450. The molecule has 2 amide bonds. The molecule has 4 atom stereocenters. The van der Waals surface area contributed by atoms with E-state index in [-0.39, 0.29) is 48.6 Å². The molecule has 1 saturated heterocycles. The molecule has 1 aliphatic heterocycles. The first-order chi connectivity index (χ1) is 13.5. The molecular weight excluding hydrogens is 366 g/mol. The number of likely N-dealkylation sites (tertiary alicyclic amines) is 1. The molecule has 6 nitrogen and oxygen atoms in total. The summed E-state index contributed by atoms with van der Waals surface area (Å²) in [7, 11) is 1.58. The van der Waals surface area contributed by atoms with E-state index in [9.17, 15) is 18.4 Å². The Hall–Kier alpha value is -2.77. The highest BCUT2D eigenvalue weighted by molar-refractivity contribution is 6.06. The first-order valence-corrected chi connectivity index (χ1v) is 9.41. The molecule has 1 heterocycles. The number of aliphatic imine (C=N–C) groups is 1. The van der Waals surface area contributed by atoms with Gasteiger partial charge in [-0.2, -0.15) is 0 Å². The normalized spacial score (nSPS) is 28.2. The SMILES string of the molecule is CN=C(NCCN1C(=O)C2C3C=CC(C3)C2C1=O)NCc1ccc(F)c(F)c1. The van der Waals surface area contributed by atoms with Crippen LogP contribution in [0.3, 0.4) is 0 Å². The number of nitrogens with zero attached hydrogens (tertiary/aromatic N) is 2. The molecule has 0 aromatic heterocycles. The Bertz CT molecular complexity index is 840. The molecule has 1 aromatic rings. The van der Waals surface area contributed by atoms with Crippen molar-refractivity contribution in [1.29, 1.82) is 0 Å². The topological polar surface area (TPSA) is 73.8 Å². The summed E-state index contributed by atoms with van der Waals surface area (Å²) in [5, 5.41) is 6.04. The molecule has 2 aliphatic carbocycles. The van der Waals surface area contributed by atoms with Crippen molar-refractivity contribution in [1.82, 2.24) is 15.5 Å². The minimum absolute atomic E-state index is 0.0709. The standard InChI is InChI=1S/C20H22F2N4O2/c1-23-20(25-10-11-2-5-14(21)15(22)8-11)24-6-7-26-18(27)16-12-3-4-13(9-12)17(16)19(26)28/h2-5,8,12-13,16-17H,6-7,9-10H2,1H3,(H2,23,24,25). The second-order valence-corrected chi connectivity index (χ2v) is 7.43. The predicted octanol–water partition coefficient (Wildman–Crippen LogP) is 1.44. The van der Waals surface area contributed by atoms with Gasteiger partial charge in [0.25, 0.3) is 0 Å². The average Bonchev–Trinajstić information content (AvgIpc) is 3.36. The van der Waals surface area contributed by atoms with Crippen molar-refractivity contribution in [3.8, 4) is 0 Å². The number of halogens is 2. The summed E-state index contributed by atoms with van der Waals surface area (Å²) in [6.07, 6.45) is 5.06. The number of allylic oxidation sites excluding steroid dienone is 2. The highest BCUT2D eigenvalue weighted by atomic mass is 19.2. The number of rotatable bonds is 5. The van der Waals surface area contributed by atoms with Crippen molar-refractivity contribution in [3.05, 3.63) is 47.5 Å². The van der Waals surface area contributed by atoms with Gasteiger partial charge in [-0.15, -0.1) is 0 Å². The zero-order valence-electron chi connectivity index (χ0n) is 15.5. The molecule has 1 aromatic carbocycles. The van der Waals surface area contributed by atoms with Crippen LogP contribution >= 0.6 is 0 Å². The number of carbonyl (C=O) groups is 2. The summed E-state index contributed by atoms with van der Waals surface area (Å²) in [6.45, 7) is 0.894. The van der Waals surface area contributed by atoms with E-state index < -0.39 is 11.6 Å². The minimum atomic E-state index is -0.901. The van der Waals surface area contributed by atoms with E-state index in [0.29, 0.717) is 18.1 Å². The largest absolute Gasteiger partial charge is 0.355 e. The maximum Gasteiger partial charge on any atom is 0.233 e. The molecule has 28 heavy (non-hydrogen) atoms. The van der Waals surface area contributed by atoms with Crippen molar-refractivity contribution >= 4 is 17.8 Å². The third kappa shape index (κ3) is 3.16. The Kier molecular flexibility index (Phi) is 4.87. The Labute approximate surface area is 161 Å². The number of nitrogens with one attached hydrogen (secondary N) is 2. The Morgan fingerprint density at radius 1 is 1.11 bits per heavy atom. The van der Waals surface area contributed by atoms with Gasteiger partial charge < -0.3 is 10.6 Å². The Balaban J connectivity index is 1.28. The molecular formula is C20H22F2N4O2. The second kappa shape index (κ2) is 7.33. The number of imide groups is 1. The van der Waals surface area contributed by atoms with E-state index in [1.165, 1.54) is 11.0 Å². The van der Waals surface area contributed by atoms with Gasteiger partial charge in [0.2, 0.25) is 11.8 Å². The zero-order chi connectivity index (χ0) is 19.8. The van der Waals surface area contributed by atoms with Crippen molar-refractivity contribution in [2.45, 2.75) is 13.0 Å². The second-order valence-electron chi connectivity index (χ2n) is 7.43. The van der Waals surface area contributed by atoms with Crippen LogP contribution in [0.5, 0.6) is 0 Å². The quantitative estimate of drug-likeness (QED) is 0.347. The number of hydrogen-bond donors (Lipinski definition) is 2. The molecule has 2 fully saturated rings. The van der Waals surface area contributed by atoms with Gasteiger partial charge in [0, 0.05) is 26.7 Å². The van der Waals surface area contributed by atoms with Gasteiger partial charge in [0.15, 0.2) is 17.6 Å². The Morgan fingerprint density at radius 2 is 1.79 bits per heavy atom. The van der Waals surface area contributed by atoms with E-state index in [0.717, 1.165) is 18.6 Å². The summed E-state index contributed by atoms with van der Waals surface area (Å²) in [4.78, 5) is 30.7. The first-order valence-electron chi connectivity index (χ1n) is 9.41. The van der Waals surface area contributed by atoms with Crippen molar-refractivity contribution < 1.29 is 18.4 Å². The van der Waals surface area contributed by atoms with E-state index in [1.54, 1.807) is 7.05 Å². The molecule has 4 rings (SSSR count). The third-order valence-electron chi connectivity index (χ3n) is 5.86. The lowest BCUT2D eigenvalue weighted by Crippen LogP contribution is -2.43. The summed E-state index contributed by atoms with van der Waals surface area (Å²) in [5.41, 5.74) is 0.572. The van der Waals surface area contributed by atoms with Gasteiger partial charge in [0.1, 0.15) is 0 Å². The monoisotopic (exact) mass is 388 g/mol. The molecule has 2 N–H and O–H groups in total. The van der Waals surface area contributed by atoms with Crippen LogP contribution in [0, 0.1) is 35.3 Å². The maximum absolute atomic E-state index is 13.3. The van der Waals surface area contributed by atoms with Crippen LogP contribution in [0.2, 0.25) is 0 Å². The highest BCUT2D eigenvalue weighted by Gasteiger charge is 2.58. The number of hydrogen-bond acceptors (Lipinski definition) is 3. The number of amides is 2. The minimum Gasteiger partial charge on any atom is -0.355 e. The number of guanidine groups is 1. The van der Waals surface area contributed by atoms with Crippen molar-refractivity contribution in [2.75, 3.05) is 20.1 Å². The van der Waals surface area contributed by atoms with Crippen LogP contribution in [0.15, 0.2) is 35.3 Å². The zero-order valence-corrected chi connectivity index (χ0v) is 15.5. The predicted molar refractivity (Wildman–Crippen MR) is 99.0 cm³/mol. The molecule has 4 unspecified atom stereocenters. The van der Waals surface area contributed by atoms with Gasteiger partial charge in [-0.25, -0.2) is 8.78 Å². The van der Waals surface area contributed by atoms with E-state index in [2.05, 4.69) is 27.8 Å². The van der Waals surface area contributed by atoms with Crippen LogP contribution in [0.1, 0.15) is 12.0 Å². The molecule has 1 saturated carbocycles. The number of fused-ring (bicyclic) bond motifs is 5. The summed E-state index contributed by atoms with van der Waals surface area (Å²) in [6, 6.07) is 3.69. The van der Waals surface area contributed by atoms with Crippen LogP contribution in [0.4, 0.5) is 8.78 Å². The number of carbonyl (C=O) groups excluding carboxylic acids is 2. The van der Waals surface area contributed by atoms with Gasteiger partial charge in [-0.05, 0) is 36.0 Å². The summed E-state index contributed by atoms with van der Waals surface area (Å²) in [5.74, 6) is -1.45. The van der Waals surface area contributed by atoms with Crippen molar-refractivity contribution in [2.24, 2.45) is 28.7 Å². The molecule has 148 valence electrons. The fourth-order valence-electron chi connectivity index (χ4n) is 4.53. The maximum atomic E-state index is 13.3. The summed E-state index contributed by atoms with van der Waals surface area (Å²) >= 11 is 0. The molecule has 2 bridgehead atoms. The van der Waals surface area contributed by atoms with Gasteiger partial charge >= 0.3 is 0 Å². The highest BCUT2D eigenvalue weighted by Crippen LogP contribution is 2.52. The first kappa shape index (κ1) is 18.6. The van der Waals surface area contributed by atoms with Crippen molar-refractivity contribution in [3.63, 3.8) is 0 Å². The summed E-state index contributed by atoms with van der Waals surface area (Å²) < 4.78 is 26.3. The molecule has 3 aliphatic rings. The molecule has 8 heteroatoms. The van der Waals surface area contributed by atoms with Crippen LogP contribution in [0.25, 0.3) is 0 Å². The average molecular weight is 388 g/mol. The third-order valence-corrected chi connectivity index (χ3v) is 5.86. The van der Waals surface area contributed by atoms with Crippen LogP contribution < -0.4 is 10.6 Å². The van der Waals surface area contributed by atoms with Gasteiger partial charge in [0.05, 0.1) is 11.8 Å². The van der Waals surface area contributed by atoms with Crippen LogP contribution in [-0.2, 0) is 16.1 Å². The van der Waals surface area contributed by atoms with E-state index in [4.69, 9.17) is 0 Å². The smallest absolute Gasteiger partial charge is 0.233 e. The van der Waals surface area contributed by atoms with E-state index in [1.807, 2.05) is 0 Å². The molecule has 0 spiro atoms. The lowest BCUT2D eigenvalue weighted by atomic mass is 9.85. The number of benzene rings is 1.